The molecule has 0 aromatic rings. The van der Waals surface area contributed by atoms with Gasteiger partial charge in [0.2, 0.25) is 0 Å². The maximum Gasteiger partial charge on any atom is 0.487 e. The van der Waals surface area contributed by atoms with Gasteiger partial charge in [-0.2, -0.15) is 0 Å². The Labute approximate surface area is 240 Å². The molecule has 3 rings (SSSR count). The topological polar surface area (TPSA) is 65.0 Å². The van der Waals surface area contributed by atoms with Gasteiger partial charge in [0, 0.05) is 6.42 Å². The number of fused-ring (bicyclic) bond motifs is 1. The van der Waals surface area contributed by atoms with E-state index >= 15 is 0 Å². The fourth-order valence-corrected chi connectivity index (χ4v) is 8.08. The molecule has 0 aromatic heterocycles. The SMILES string of the molecule is COC(=O)CCC[C@@H](C)[C@H]1CC[C@H]2/C(=C/B3OC(C)(C)C(C)(C)O3)CC[C@@H](CCCCCCC(C)(C)O)[C@]12C. The Balaban J connectivity index is 1.72. The van der Waals surface area contributed by atoms with Crippen molar-refractivity contribution in [1.82, 2.24) is 0 Å². The molecule has 5 nitrogen and oxygen atoms in total. The van der Waals surface area contributed by atoms with E-state index in [4.69, 9.17) is 14.0 Å². The van der Waals surface area contributed by atoms with Crippen molar-refractivity contribution in [2.75, 3.05) is 7.11 Å². The van der Waals surface area contributed by atoms with Gasteiger partial charge in [0.05, 0.1) is 23.9 Å². The van der Waals surface area contributed by atoms with E-state index in [-0.39, 0.29) is 29.7 Å². The van der Waals surface area contributed by atoms with Crippen molar-refractivity contribution in [2.45, 2.75) is 156 Å². The summed E-state index contributed by atoms with van der Waals surface area (Å²) in [5.74, 6) is 4.82. The number of allylic oxidation sites excluding steroid dienone is 1. The second kappa shape index (κ2) is 13.0. The summed E-state index contributed by atoms with van der Waals surface area (Å²) in [5.41, 5.74) is 0.651. The van der Waals surface area contributed by atoms with E-state index in [1.165, 1.54) is 52.1 Å². The van der Waals surface area contributed by atoms with E-state index in [9.17, 15) is 9.90 Å². The van der Waals surface area contributed by atoms with Gasteiger partial charge in [0.25, 0.3) is 0 Å². The Morgan fingerprint density at radius 3 is 2.31 bits per heavy atom. The van der Waals surface area contributed by atoms with Crippen LogP contribution in [0.5, 0.6) is 0 Å². The summed E-state index contributed by atoms with van der Waals surface area (Å²) >= 11 is 0. The van der Waals surface area contributed by atoms with E-state index in [2.05, 4.69) is 47.5 Å². The van der Waals surface area contributed by atoms with Gasteiger partial charge in [-0.3, -0.25) is 4.79 Å². The van der Waals surface area contributed by atoms with E-state index < -0.39 is 5.60 Å². The molecular weight excluding hydrogens is 487 g/mol. The Hall–Kier alpha value is -0.845. The zero-order chi connectivity index (χ0) is 29.1. The fraction of sp³-hybridized carbons (Fsp3) is 0.909. The van der Waals surface area contributed by atoms with Crippen LogP contribution in [0.25, 0.3) is 0 Å². The first-order valence-corrected chi connectivity index (χ1v) is 16.0. The molecule has 5 atom stereocenters. The lowest BCUT2D eigenvalue weighted by Gasteiger charge is -2.50. The van der Waals surface area contributed by atoms with Crippen LogP contribution in [0.15, 0.2) is 11.5 Å². The molecule has 0 spiro atoms. The number of esters is 1. The van der Waals surface area contributed by atoms with Crippen LogP contribution < -0.4 is 0 Å². The third-order valence-electron chi connectivity index (χ3n) is 11.1. The maximum atomic E-state index is 11.7. The highest BCUT2D eigenvalue weighted by atomic mass is 16.7. The van der Waals surface area contributed by atoms with Gasteiger partial charge in [0.15, 0.2) is 0 Å². The van der Waals surface area contributed by atoms with Crippen molar-refractivity contribution in [3.05, 3.63) is 11.5 Å². The Bertz CT molecular complexity index is 828. The predicted molar refractivity (Wildman–Crippen MR) is 160 cm³/mol. The Morgan fingerprint density at radius 2 is 1.69 bits per heavy atom. The van der Waals surface area contributed by atoms with Crippen LogP contribution in [0.4, 0.5) is 0 Å². The van der Waals surface area contributed by atoms with Gasteiger partial charge in [-0.15, -0.1) is 0 Å². The third kappa shape index (κ3) is 7.92. The lowest BCUT2D eigenvalue weighted by atomic mass is 9.54. The van der Waals surface area contributed by atoms with Crippen molar-refractivity contribution in [1.29, 1.82) is 0 Å². The second-order valence-corrected chi connectivity index (χ2v) is 14.9. The van der Waals surface area contributed by atoms with E-state index in [0.29, 0.717) is 24.2 Å². The number of ether oxygens (including phenoxy) is 1. The number of hydrogen-bond donors (Lipinski definition) is 1. The number of carbonyl (C=O) groups excluding carboxylic acids is 1. The molecule has 224 valence electrons. The third-order valence-corrected chi connectivity index (χ3v) is 11.1. The van der Waals surface area contributed by atoms with Crippen molar-refractivity contribution < 1.29 is 23.9 Å². The smallest absolute Gasteiger partial charge is 0.469 e. The summed E-state index contributed by atoms with van der Waals surface area (Å²) in [6.45, 7) is 17.4. The summed E-state index contributed by atoms with van der Waals surface area (Å²) in [6, 6.07) is 0. The molecule has 0 radical (unpaired) electrons. The average Bonchev–Trinajstić information content (AvgIpc) is 3.28. The molecule has 2 aliphatic carbocycles. The maximum absolute atomic E-state index is 11.7. The van der Waals surface area contributed by atoms with Crippen molar-refractivity contribution in [3.63, 3.8) is 0 Å². The summed E-state index contributed by atoms with van der Waals surface area (Å²) in [6.07, 6.45) is 14.4. The zero-order valence-corrected chi connectivity index (χ0v) is 26.7. The Morgan fingerprint density at radius 1 is 1.05 bits per heavy atom. The molecule has 0 aromatic carbocycles. The van der Waals surface area contributed by atoms with Crippen LogP contribution in [0, 0.1) is 29.1 Å². The molecular formula is C33H59BO5. The number of unbranched alkanes of at least 4 members (excludes halogenated alkanes) is 3. The summed E-state index contributed by atoms with van der Waals surface area (Å²) in [4.78, 5) is 11.7. The van der Waals surface area contributed by atoms with Gasteiger partial charge < -0.3 is 19.2 Å². The zero-order valence-electron chi connectivity index (χ0n) is 26.7. The van der Waals surface area contributed by atoms with Crippen LogP contribution >= 0.6 is 0 Å². The fourth-order valence-electron chi connectivity index (χ4n) is 8.08. The Kier molecular flexibility index (Phi) is 10.9. The van der Waals surface area contributed by atoms with E-state index in [1.54, 1.807) is 5.57 Å². The molecule has 1 aliphatic heterocycles. The minimum atomic E-state index is -0.551. The largest absolute Gasteiger partial charge is 0.487 e. The number of carbonyl (C=O) groups is 1. The molecule has 1 heterocycles. The van der Waals surface area contributed by atoms with Gasteiger partial charge in [-0.1, -0.05) is 51.1 Å². The highest BCUT2D eigenvalue weighted by molar-refractivity contribution is 6.51. The normalized spacial score (nSPS) is 31.9. The molecule has 1 N–H and O–H groups in total. The van der Waals surface area contributed by atoms with Gasteiger partial charge in [-0.05, 0) is 122 Å². The highest BCUT2D eigenvalue weighted by Gasteiger charge is 2.56. The minimum Gasteiger partial charge on any atom is -0.469 e. The van der Waals surface area contributed by atoms with Crippen molar-refractivity contribution in [2.24, 2.45) is 29.1 Å². The van der Waals surface area contributed by atoms with Crippen LogP contribution in [0.3, 0.4) is 0 Å². The molecule has 2 saturated carbocycles. The monoisotopic (exact) mass is 546 g/mol. The van der Waals surface area contributed by atoms with E-state index in [1.807, 2.05) is 13.8 Å². The van der Waals surface area contributed by atoms with Crippen LogP contribution in [-0.4, -0.2) is 42.1 Å². The first kappa shape index (κ1) is 32.7. The molecule has 6 heteroatoms. The number of aliphatic hydroxyl groups is 1. The lowest BCUT2D eigenvalue weighted by Crippen LogP contribution is -2.43. The molecule has 1 saturated heterocycles. The highest BCUT2D eigenvalue weighted by Crippen LogP contribution is 2.63. The molecule has 3 fully saturated rings. The summed E-state index contributed by atoms with van der Waals surface area (Å²) in [7, 11) is 1.22. The lowest BCUT2D eigenvalue weighted by molar-refractivity contribution is -0.140. The van der Waals surface area contributed by atoms with Crippen LogP contribution in [-0.2, 0) is 18.8 Å². The minimum absolute atomic E-state index is 0.0922. The summed E-state index contributed by atoms with van der Waals surface area (Å²) in [5, 5.41) is 10.0. The molecule has 3 aliphatic rings. The molecule has 0 unspecified atom stereocenters. The average molecular weight is 547 g/mol. The first-order chi connectivity index (χ1) is 18.1. The van der Waals surface area contributed by atoms with Crippen molar-refractivity contribution in [3.8, 4) is 0 Å². The number of rotatable bonds is 13. The van der Waals surface area contributed by atoms with Crippen LogP contribution in [0.1, 0.15) is 139 Å². The summed E-state index contributed by atoms with van der Waals surface area (Å²) < 4.78 is 17.7. The second-order valence-electron chi connectivity index (χ2n) is 14.9. The predicted octanol–water partition coefficient (Wildman–Crippen LogP) is 8.08. The number of methoxy groups -OCH3 is 1. The molecule has 0 amide bonds. The van der Waals surface area contributed by atoms with Crippen molar-refractivity contribution >= 4 is 13.1 Å². The molecule has 39 heavy (non-hydrogen) atoms. The van der Waals surface area contributed by atoms with Gasteiger partial charge in [0.1, 0.15) is 0 Å². The standard InChI is InChI=1S/C33H59BO5/c1-24(15-14-17-29(35)37-9)27-20-21-28-25(23-34-38-31(4,5)32(6,7)39-34)18-19-26(33(27,28)8)16-12-10-11-13-22-30(2,3)36/h23-24,26-28,36H,10-22H2,1-9H3/b25-23+/t24-,26-,27-,28+,33-/m1/s1. The van der Waals surface area contributed by atoms with E-state index in [0.717, 1.165) is 38.0 Å². The van der Waals surface area contributed by atoms with Gasteiger partial charge in [-0.25, -0.2) is 0 Å². The van der Waals surface area contributed by atoms with Gasteiger partial charge >= 0.3 is 13.1 Å². The first-order valence-electron chi connectivity index (χ1n) is 16.0. The quantitative estimate of drug-likeness (QED) is 0.144. The van der Waals surface area contributed by atoms with Crippen LogP contribution in [0.2, 0.25) is 0 Å². The molecule has 0 bridgehead atoms. The number of hydrogen-bond acceptors (Lipinski definition) is 5.